The molecule has 0 rings (SSSR count). The lowest BCUT2D eigenvalue weighted by Gasteiger charge is -2.19. The molecule has 0 aromatic heterocycles. The number of ether oxygens (including phenoxy) is 2. The first-order valence-electron chi connectivity index (χ1n) is 18.3. The van der Waals surface area contributed by atoms with Crippen molar-refractivity contribution in [3.05, 3.63) is 60.8 Å². The summed E-state index contributed by atoms with van der Waals surface area (Å²) in [7, 11) is -4.38. The predicted molar refractivity (Wildman–Crippen MR) is 196 cm³/mol. The molecule has 0 heterocycles. The van der Waals surface area contributed by atoms with Gasteiger partial charge in [0.15, 0.2) is 6.10 Å². The number of rotatable bonds is 33. The largest absolute Gasteiger partial charge is 0.472 e. The molecule has 0 aromatic rings. The summed E-state index contributed by atoms with van der Waals surface area (Å²) in [5.41, 5.74) is 5.32. The number of phosphoric acid groups is 1. The highest BCUT2D eigenvalue weighted by Crippen LogP contribution is 2.43. The highest BCUT2D eigenvalue weighted by Gasteiger charge is 2.25. The van der Waals surface area contributed by atoms with Gasteiger partial charge in [-0.3, -0.25) is 18.6 Å². The molecule has 0 saturated heterocycles. The van der Waals surface area contributed by atoms with Crippen LogP contribution in [0.1, 0.15) is 136 Å². The number of allylic oxidation sites excluding steroid dienone is 10. The summed E-state index contributed by atoms with van der Waals surface area (Å²) in [6.45, 7) is 3.51. The van der Waals surface area contributed by atoms with Crippen LogP contribution in [0.2, 0.25) is 0 Å². The van der Waals surface area contributed by atoms with Crippen LogP contribution in [0.5, 0.6) is 0 Å². The molecule has 276 valence electrons. The Hall–Kier alpha value is -2.29. The molecule has 10 heteroatoms. The molecular formula is C38H66NO8P. The fourth-order valence-electron chi connectivity index (χ4n) is 4.48. The summed E-state index contributed by atoms with van der Waals surface area (Å²) < 4.78 is 32.5. The number of esters is 2. The smallest absolute Gasteiger partial charge is 0.462 e. The van der Waals surface area contributed by atoms with Gasteiger partial charge in [0, 0.05) is 19.4 Å². The fraction of sp³-hybridized carbons (Fsp3) is 0.684. The lowest BCUT2D eigenvalue weighted by atomic mass is 10.1. The van der Waals surface area contributed by atoms with Crippen LogP contribution >= 0.6 is 7.82 Å². The Morgan fingerprint density at radius 2 is 1.15 bits per heavy atom. The average molecular weight is 696 g/mol. The summed E-state index contributed by atoms with van der Waals surface area (Å²) in [5, 5.41) is 0. The van der Waals surface area contributed by atoms with E-state index in [4.69, 9.17) is 24.3 Å². The van der Waals surface area contributed by atoms with Crippen molar-refractivity contribution in [1.82, 2.24) is 0 Å². The van der Waals surface area contributed by atoms with Gasteiger partial charge in [0.25, 0.3) is 0 Å². The van der Waals surface area contributed by atoms with Crippen LogP contribution in [0.25, 0.3) is 0 Å². The zero-order chi connectivity index (χ0) is 35.4. The number of hydrogen-bond donors (Lipinski definition) is 2. The van der Waals surface area contributed by atoms with Gasteiger partial charge in [0.05, 0.1) is 13.2 Å². The van der Waals surface area contributed by atoms with Gasteiger partial charge < -0.3 is 20.1 Å². The fourth-order valence-corrected chi connectivity index (χ4v) is 5.25. The highest BCUT2D eigenvalue weighted by atomic mass is 31.2. The first-order valence-corrected chi connectivity index (χ1v) is 19.8. The Kier molecular flexibility index (Phi) is 32.9. The summed E-state index contributed by atoms with van der Waals surface area (Å²) in [6.07, 6.45) is 38.4. The Morgan fingerprint density at radius 1 is 0.646 bits per heavy atom. The Labute approximate surface area is 291 Å². The molecule has 9 nitrogen and oxygen atoms in total. The van der Waals surface area contributed by atoms with Crippen molar-refractivity contribution < 1.29 is 37.6 Å². The van der Waals surface area contributed by atoms with Crippen molar-refractivity contribution in [2.24, 2.45) is 5.73 Å². The van der Waals surface area contributed by atoms with Gasteiger partial charge in [-0.05, 0) is 57.8 Å². The second kappa shape index (κ2) is 34.6. The normalized spacial score (nSPS) is 14.2. The maximum absolute atomic E-state index is 12.5. The molecule has 48 heavy (non-hydrogen) atoms. The molecule has 0 aliphatic carbocycles. The van der Waals surface area contributed by atoms with Gasteiger partial charge in [-0.15, -0.1) is 0 Å². The van der Waals surface area contributed by atoms with Gasteiger partial charge in [-0.25, -0.2) is 4.57 Å². The van der Waals surface area contributed by atoms with Crippen LogP contribution in [-0.2, 0) is 32.7 Å². The molecule has 0 aliphatic rings. The van der Waals surface area contributed by atoms with Crippen molar-refractivity contribution in [2.75, 3.05) is 26.4 Å². The van der Waals surface area contributed by atoms with Crippen LogP contribution in [0, 0.1) is 0 Å². The molecule has 3 N–H and O–H groups in total. The van der Waals surface area contributed by atoms with E-state index in [1.807, 2.05) is 0 Å². The van der Waals surface area contributed by atoms with Gasteiger partial charge >= 0.3 is 19.8 Å². The Bertz CT molecular complexity index is 976. The van der Waals surface area contributed by atoms with Crippen LogP contribution in [0.4, 0.5) is 0 Å². The first-order chi connectivity index (χ1) is 23.3. The lowest BCUT2D eigenvalue weighted by Crippen LogP contribution is -2.29. The van der Waals surface area contributed by atoms with Gasteiger partial charge in [-0.1, -0.05) is 126 Å². The van der Waals surface area contributed by atoms with Crippen LogP contribution in [0.15, 0.2) is 60.8 Å². The third kappa shape index (κ3) is 33.6. The molecule has 0 spiro atoms. The zero-order valence-electron chi connectivity index (χ0n) is 29.9. The van der Waals surface area contributed by atoms with Crippen LogP contribution < -0.4 is 5.73 Å². The Balaban J connectivity index is 4.29. The maximum atomic E-state index is 12.5. The molecule has 0 fully saturated rings. The second-order valence-corrected chi connectivity index (χ2v) is 13.2. The van der Waals surface area contributed by atoms with Gasteiger partial charge in [0.2, 0.25) is 0 Å². The number of nitrogens with two attached hydrogens (primary N) is 1. The zero-order valence-corrected chi connectivity index (χ0v) is 30.8. The summed E-state index contributed by atoms with van der Waals surface area (Å²) in [6, 6.07) is 0. The summed E-state index contributed by atoms with van der Waals surface area (Å²) >= 11 is 0. The highest BCUT2D eigenvalue weighted by molar-refractivity contribution is 7.47. The van der Waals surface area contributed by atoms with E-state index < -0.39 is 32.5 Å². The van der Waals surface area contributed by atoms with E-state index in [1.54, 1.807) is 0 Å². The molecule has 2 unspecified atom stereocenters. The van der Waals surface area contributed by atoms with E-state index in [-0.39, 0.29) is 32.6 Å². The predicted octanol–water partition coefficient (Wildman–Crippen LogP) is 9.77. The van der Waals surface area contributed by atoms with Crippen molar-refractivity contribution in [3.8, 4) is 0 Å². The van der Waals surface area contributed by atoms with E-state index in [1.165, 1.54) is 32.1 Å². The van der Waals surface area contributed by atoms with E-state index in [0.717, 1.165) is 70.6 Å². The number of carbonyl (C=O) groups excluding carboxylic acids is 2. The van der Waals surface area contributed by atoms with E-state index in [0.29, 0.717) is 6.42 Å². The minimum Gasteiger partial charge on any atom is -0.462 e. The van der Waals surface area contributed by atoms with Gasteiger partial charge in [-0.2, -0.15) is 0 Å². The summed E-state index contributed by atoms with van der Waals surface area (Å²) in [5.74, 6) is -0.878. The monoisotopic (exact) mass is 695 g/mol. The first kappa shape index (κ1) is 45.7. The quantitative estimate of drug-likeness (QED) is 0.0298. The molecule has 2 atom stereocenters. The number of hydrogen-bond acceptors (Lipinski definition) is 8. The van der Waals surface area contributed by atoms with E-state index >= 15 is 0 Å². The van der Waals surface area contributed by atoms with Crippen LogP contribution in [0.3, 0.4) is 0 Å². The molecule has 0 aliphatic heterocycles. The molecule has 0 saturated carbocycles. The third-order valence-corrected chi connectivity index (χ3v) is 8.15. The number of phosphoric ester groups is 1. The molecule has 0 radical (unpaired) electrons. The average Bonchev–Trinajstić information content (AvgIpc) is 3.07. The molecule has 0 bridgehead atoms. The minimum absolute atomic E-state index is 0.0454. The van der Waals surface area contributed by atoms with Crippen molar-refractivity contribution in [2.45, 2.75) is 142 Å². The van der Waals surface area contributed by atoms with Crippen LogP contribution in [-0.4, -0.2) is 49.3 Å². The van der Waals surface area contributed by atoms with Crippen molar-refractivity contribution in [3.63, 3.8) is 0 Å². The number of unbranched alkanes of at least 4 members (excludes halogenated alkanes) is 10. The van der Waals surface area contributed by atoms with E-state index in [9.17, 15) is 19.0 Å². The second-order valence-electron chi connectivity index (χ2n) is 11.7. The summed E-state index contributed by atoms with van der Waals surface area (Å²) in [4.78, 5) is 34.5. The third-order valence-electron chi connectivity index (χ3n) is 7.17. The Morgan fingerprint density at radius 3 is 1.71 bits per heavy atom. The number of carbonyl (C=O) groups is 2. The molecule has 0 amide bonds. The SMILES string of the molecule is CC/C=C\C/C=C\C/C=C\C/C=C\C/C=C\CCCCCC(=O)OC(COC(=O)CCCCCCCCCC)COP(=O)(O)OCCN. The molecular weight excluding hydrogens is 629 g/mol. The van der Waals surface area contributed by atoms with Gasteiger partial charge in [0.1, 0.15) is 6.61 Å². The maximum Gasteiger partial charge on any atom is 0.472 e. The topological polar surface area (TPSA) is 134 Å². The van der Waals surface area contributed by atoms with E-state index in [2.05, 4.69) is 74.6 Å². The lowest BCUT2D eigenvalue weighted by molar-refractivity contribution is -0.161. The van der Waals surface area contributed by atoms with Crippen molar-refractivity contribution in [1.29, 1.82) is 0 Å². The standard InChI is InChI=1S/C38H66NO8P/c1-3-5-7-9-11-13-14-15-16-17-18-19-20-21-22-23-25-27-29-31-38(41)47-36(35-46-48(42,43)45-33-32-39)34-44-37(40)30-28-26-24-12-10-8-6-4-2/h5,7,11,13,15-16,18-19,21-22,36H,3-4,6,8-10,12,14,17,20,23-35,39H2,1-2H3,(H,42,43)/b7-5-,13-11-,16-15-,19-18-,22-21-. The minimum atomic E-state index is -4.38. The molecule has 0 aromatic carbocycles. The van der Waals surface area contributed by atoms with Crippen molar-refractivity contribution >= 4 is 19.8 Å².